The summed E-state index contributed by atoms with van der Waals surface area (Å²) in [5.41, 5.74) is 7.50. The third-order valence-corrected chi connectivity index (χ3v) is 3.53. The maximum absolute atomic E-state index is 14.0. The molecule has 0 amide bonds. The molecule has 2 aromatic rings. The van der Waals surface area contributed by atoms with Crippen LogP contribution in [0.1, 0.15) is 22.7 Å². The lowest BCUT2D eigenvalue weighted by molar-refractivity contribution is 0.539. The number of halogens is 3. The van der Waals surface area contributed by atoms with E-state index in [-0.39, 0.29) is 10.0 Å². The van der Waals surface area contributed by atoms with Gasteiger partial charge < -0.3 is 5.73 Å². The van der Waals surface area contributed by atoms with Crippen molar-refractivity contribution in [2.24, 2.45) is 5.73 Å². The van der Waals surface area contributed by atoms with Gasteiger partial charge in [0.05, 0.1) is 10.5 Å². The van der Waals surface area contributed by atoms with E-state index >= 15 is 0 Å². The summed E-state index contributed by atoms with van der Waals surface area (Å²) in [6, 6.07) is 9.03. The molecule has 0 radical (unpaired) electrons. The molecule has 1 unspecified atom stereocenters. The fourth-order valence-corrected chi connectivity index (χ4v) is 2.26. The van der Waals surface area contributed by atoms with Crippen LogP contribution in [0.15, 0.2) is 40.9 Å². The molecule has 0 fully saturated rings. The highest BCUT2D eigenvalue weighted by Gasteiger charge is 2.21. The Morgan fingerprint density at radius 3 is 2.44 bits per heavy atom. The molecule has 4 heteroatoms. The first-order valence-corrected chi connectivity index (χ1v) is 6.26. The highest BCUT2D eigenvalue weighted by atomic mass is 79.9. The Labute approximate surface area is 113 Å². The van der Waals surface area contributed by atoms with Crippen molar-refractivity contribution in [1.82, 2.24) is 0 Å². The second-order valence-corrected chi connectivity index (χ2v) is 4.95. The Balaban J connectivity index is 2.56. The Morgan fingerprint density at radius 2 is 1.78 bits per heavy atom. The fraction of sp³-hybridized carbons (Fsp3) is 0.143. The van der Waals surface area contributed by atoms with E-state index in [2.05, 4.69) is 15.9 Å². The summed E-state index contributed by atoms with van der Waals surface area (Å²) in [4.78, 5) is 0. The Kier molecular flexibility index (Phi) is 3.78. The van der Waals surface area contributed by atoms with Crippen molar-refractivity contribution in [3.63, 3.8) is 0 Å². The molecule has 0 aliphatic rings. The van der Waals surface area contributed by atoms with Crippen LogP contribution in [0, 0.1) is 18.6 Å². The largest absolute Gasteiger partial charge is 0.320 e. The average Bonchev–Trinajstić information content (AvgIpc) is 2.35. The van der Waals surface area contributed by atoms with Crippen LogP contribution in [0.25, 0.3) is 0 Å². The molecule has 18 heavy (non-hydrogen) atoms. The molecule has 1 nitrogen and oxygen atoms in total. The zero-order chi connectivity index (χ0) is 13.3. The van der Waals surface area contributed by atoms with Crippen LogP contribution in [-0.4, -0.2) is 0 Å². The fourth-order valence-electron chi connectivity index (χ4n) is 1.92. The molecule has 0 heterocycles. The number of hydrogen-bond donors (Lipinski definition) is 1. The zero-order valence-corrected chi connectivity index (χ0v) is 11.3. The maximum atomic E-state index is 14.0. The number of nitrogens with two attached hydrogens (primary N) is 1. The van der Waals surface area contributed by atoms with E-state index in [0.29, 0.717) is 5.56 Å². The minimum atomic E-state index is -0.816. The predicted octanol–water partition coefficient (Wildman–Crippen LogP) is 4.08. The van der Waals surface area contributed by atoms with Gasteiger partial charge in [-0.05, 0) is 46.1 Å². The Morgan fingerprint density at radius 1 is 1.11 bits per heavy atom. The lowest BCUT2D eigenvalue weighted by atomic mass is 9.95. The molecule has 0 saturated carbocycles. The molecule has 1 atom stereocenters. The molecule has 94 valence electrons. The van der Waals surface area contributed by atoms with Crippen molar-refractivity contribution >= 4 is 15.9 Å². The second-order valence-electron chi connectivity index (χ2n) is 4.09. The summed E-state index contributed by atoms with van der Waals surface area (Å²) in [7, 11) is 0. The Hall–Kier alpha value is -1.26. The first kappa shape index (κ1) is 13.2. The minimum absolute atomic E-state index is 0.112. The molecule has 2 aromatic carbocycles. The third-order valence-electron chi connectivity index (χ3n) is 2.91. The summed E-state index contributed by atoms with van der Waals surface area (Å²) in [6.45, 7) is 1.86. The molecule has 0 saturated heterocycles. The number of benzene rings is 2. The molecule has 2 rings (SSSR count). The van der Waals surface area contributed by atoms with Gasteiger partial charge in [-0.2, -0.15) is 0 Å². The summed E-state index contributed by atoms with van der Waals surface area (Å²) in [6.07, 6.45) is 0. The van der Waals surface area contributed by atoms with E-state index < -0.39 is 17.7 Å². The quantitative estimate of drug-likeness (QED) is 0.831. The summed E-state index contributed by atoms with van der Waals surface area (Å²) < 4.78 is 27.9. The monoisotopic (exact) mass is 311 g/mol. The van der Waals surface area contributed by atoms with Crippen LogP contribution in [0.2, 0.25) is 0 Å². The molecular weight excluding hydrogens is 300 g/mol. The summed E-state index contributed by atoms with van der Waals surface area (Å²) in [5, 5.41) is 0. The molecule has 0 bridgehead atoms. The van der Waals surface area contributed by atoms with Gasteiger partial charge >= 0.3 is 0 Å². The third kappa shape index (κ3) is 2.31. The van der Waals surface area contributed by atoms with Crippen molar-refractivity contribution in [3.05, 3.63) is 69.2 Å². The SMILES string of the molecule is Cc1ccccc1C(N)c1c(F)ccc(Br)c1F. The highest BCUT2D eigenvalue weighted by molar-refractivity contribution is 9.10. The van der Waals surface area contributed by atoms with E-state index in [1.165, 1.54) is 12.1 Å². The van der Waals surface area contributed by atoms with E-state index in [1.54, 1.807) is 12.1 Å². The van der Waals surface area contributed by atoms with Gasteiger partial charge in [0.25, 0.3) is 0 Å². The molecular formula is C14H12BrF2N. The first-order chi connectivity index (χ1) is 8.52. The average molecular weight is 312 g/mol. The van der Waals surface area contributed by atoms with Gasteiger partial charge in [0.1, 0.15) is 11.6 Å². The lowest BCUT2D eigenvalue weighted by Crippen LogP contribution is -2.17. The second kappa shape index (κ2) is 5.16. The van der Waals surface area contributed by atoms with Crippen LogP contribution in [0.3, 0.4) is 0 Å². The van der Waals surface area contributed by atoms with Crippen LogP contribution in [0.5, 0.6) is 0 Å². The van der Waals surface area contributed by atoms with Crippen LogP contribution >= 0.6 is 15.9 Å². The summed E-state index contributed by atoms with van der Waals surface area (Å²) >= 11 is 3.04. The standard InChI is InChI=1S/C14H12BrF2N/c1-8-4-2-3-5-9(8)14(18)12-11(16)7-6-10(15)13(12)17/h2-7,14H,18H2,1H3. The minimum Gasteiger partial charge on any atom is -0.320 e. The molecule has 0 aliphatic heterocycles. The van der Waals surface area contributed by atoms with Crippen molar-refractivity contribution in [1.29, 1.82) is 0 Å². The topological polar surface area (TPSA) is 26.0 Å². The molecule has 2 N–H and O–H groups in total. The smallest absolute Gasteiger partial charge is 0.145 e. The van der Waals surface area contributed by atoms with E-state index in [4.69, 9.17) is 5.73 Å². The van der Waals surface area contributed by atoms with Gasteiger partial charge in [-0.1, -0.05) is 24.3 Å². The van der Waals surface area contributed by atoms with Crippen LogP contribution < -0.4 is 5.73 Å². The van der Waals surface area contributed by atoms with Crippen LogP contribution in [-0.2, 0) is 0 Å². The van der Waals surface area contributed by atoms with Crippen LogP contribution in [0.4, 0.5) is 8.78 Å². The van der Waals surface area contributed by atoms with Crippen molar-refractivity contribution in [2.75, 3.05) is 0 Å². The van der Waals surface area contributed by atoms with Gasteiger partial charge in [0.2, 0.25) is 0 Å². The van der Waals surface area contributed by atoms with Crippen molar-refractivity contribution in [2.45, 2.75) is 13.0 Å². The summed E-state index contributed by atoms with van der Waals surface area (Å²) in [5.74, 6) is -1.28. The molecule has 0 aromatic heterocycles. The number of aryl methyl sites for hydroxylation is 1. The number of hydrogen-bond acceptors (Lipinski definition) is 1. The zero-order valence-electron chi connectivity index (χ0n) is 9.75. The Bertz CT molecular complexity index is 584. The van der Waals surface area contributed by atoms with Gasteiger partial charge in [0.15, 0.2) is 0 Å². The van der Waals surface area contributed by atoms with Gasteiger partial charge in [0, 0.05) is 5.56 Å². The van der Waals surface area contributed by atoms with Crippen molar-refractivity contribution < 1.29 is 8.78 Å². The van der Waals surface area contributed by atoms with E-state index in [0.717, 1.165) is 5.56 Å². The predicted molar refractivity (Wildman–Crippen MR) is 71.3 cm³/mol. The van der Waals surface area contributed by atoms with Gasteiger partial charge in [-0.3, -0.25) is 0 Å². The lowest BCUT2D eigenvalue weighted by Gasteiger charge is -2.17. The van der Waals surface area contributed by atoms with Gasteiger partial charge in [-0.15, -0.1) is 0 Å². The highest BCUT2D eigenvalue weighted by Crippen LogP contribution is 2.30. The van der Waals surface area contributed by atoms with Gasteiger partial charge in [-0.25, -0.2) is 8.78 Å². The van der Waals surface area contributed by atoms with E-state index in [1.807, 2.05) is 19.1 Å². The normalized spacial score (nSPS) is 12.5. The number of rotatable bonds is 2. The van der Waals surface area contributed by atoms with Crippen molar-refractivity contribution in [3.8, 4) is 0 Å². The molecule has 0 spiro atoms. The molecule has 0 aliphatic carbocycles. The maximum Gasteiger partial charge on any atom is 0.145 e. The first-order valence-electron chi connectivity index (χ1n) is 5.47. The van der Waals surface area contributed by atoms with E-state index in [9.17, 15) is 8.78 Å².